The van der Waals surface area contributed by atoms with Crippen molar-refractivity contribution >= 4 is 35.7 Å². The Kier molecular flexibility index (Phi) is 12.6. The van der Waals surface area contributed by atoms with Crippen LogP contribution < -0.4 is 10.6 Å². The third-order valence-corrected chi connectivity index (χ3v) is 6.86. The highest BCUT2D eigenvalue weighted by Gasteiger charge is 2.38. The first-order chi connectivity index (χ1) is 18.5. The molecule has 0 spiro atoms. The van der Waals surface area contributed by atoms with Crippen LogP contribution in [0.2, 0.25) is 0 Å². The zero-order valence-electron chi connectivity index (χ0n) is 24.0. The minimum atomic E-state index is -0.909. The first-order valence-electron chi connectivity index (χ1n) is 13.3. The Hall–Kier alpha value is -3.26. The molecule has 0 aliphatic heterocycles. The van der Waals surface area contributed by atoms with Gasteiger partial charge in [-0.1, -0.05) is 68.1 Å². The van der Waals surface area contributed by atoms with Crippen LogP contribution in [0.4, 0.5) is 4.79 Å². The molecule has 2 N–H and O–H groups in total. The van der Waals surface area contributed by atoms with Gasteiger partial charge < -0.3 is 20.3 Å². The Labute approximate surface area is 237 Å². The van der Waals surface area contributed by atoms with Crippen molar-refractivity contribution in [3.8, 4) is 0 Å². The molecule has 0 aliphatic carbocycles. The number of hydrogen-bond acceptors (Lipinski definition) is 5. The highest BCUT2D eigenvalue weighted by Crippen LogP contribution is 2.28. The molecule has 3 unspecified atom stereocenters. The molecular formula is C31H43N3O4S. The van der Waals surface area contributed by atoms with Crippen molar-refractivity contribution in [3.05, 3.63) is 77.9 Å². The number of benzene rings is 2. The second-order valence-electron chi connectivity index (χ2n) is 10.5. The number of carbonyl (C=O) groups excluding carboxylic acids is 3. The number of alkyl carbamates (subject to hydrolysis) is 1. The predicted molar refractivity (Wildman–Crippen MR) is 160 cm³/mol. The number of nitrogens with one attached hydrogen (secondary N) is 2. The molecule has 2 aromatic rings. The van der Waals surface area contributed by atoms with E-state index in [1.54, 1.807) is 43.5 Å². The van der Waals surface area contributed by atoms with Crippen molar-refractivity contribution in [2.45, 2.75) is 77.7 Å². The van der Waals surface area contributed by atoms with E-state index >= 15 is 0 Å². The van der Waals surface area contributed by atoms with Crippen LogP contribution in [0.25, 0.3) is 6.08 Å². The van der Waals surface area contributed by atoms with Crippen molar-refractivity contribution in [1.82, 2.24) is 15.5 Å². The molecule has 3 atom stereocenters. The van der Waals surface area contributed by atoms with Crippen LogP contribution in [0.3, 0.4) is 0 Å². The maximum atomic E-state index is 14.2. The summed E-state index contributed by atoms with van der Waals surface area (Å²) in [7, 11) is 0. The lowest BCUT2D eigenvalue weighted by Crippen LogP contribution is -2.55. The minimum absolute atomic E-state index is 0.283. The van der Waals surface area contributed by atoms with Gasteiger partial charge in [-0.05, 0) is 75.3 Å². The van der Waals surface area contributed by atoms with Crippen LogP contribution in [0.1, 0.15) is 70.2 Å². The highest BCUT2D eigenvalue weighted by molar-refractivity contribution is 7.98. The quantitative estimate of drug-likeness (QED) is 0.320. The molecule has 0 radical (unpaired) electrons. The fraction of sp³-hybridized carbons (Fsp3) is 0.452. The van der Waals surface area contributed by atoms with Crippen molar-refractivity contribution in [2.24, 2.45) is 0 Å². The number of rotatable bonds is 13. The molecule has 2 aromatic carbocycles. The first-order valence-corrected chi connectivity index (χ1v) is 14.7. The smallest absolute Gasteiger partial charge is 0.408 e. The van der Waals surface area contributed by atoms with Crippen LogP contribution in [0.15, 0.2) is 61.2 Å². The van der Waals surface area contributed by atoms with Crippen LogP contribution in [0, 0.1) is 0 Å². The molecule has 8 heteroatoms. The minimum Gasteiger partial charge on any atom is -0.444 e. The lowest BCUT2D eigenvalue weighted by Gasteiger charge is -2.38. The van der Waals surface area contributed by atoms with Gasteiger partial charge in [0.05, 0.1) is 0 Å². The standard InChI is InChI=1S/C31H43N3O4S/c1-8-22(3)34(29(36)26(18-19-39-7)33-30(37)38-31(4,5)6)27(25-17-13-16-23(9-2)20-25)28(35)32-21-24-14-11-10-12-15-24/h9-17,20,22,26-27H,2,8,18-19,21H2,1,3-7H3,(H,32,35)(H,33,37). The van der Waals surface area contributed by atoms with Crippen molar-refractivity contribution in [1.29, 1.82) is 0 Å². The molecule has 7 nitrogen and oxygen atoms in total. The van der Waals surface area contributed by atoms with E-state index in [4.69, 9.17) is 4.74 Å². The first kappa shape index (κ1) is 32.0. The summed E-state index contributed by atoms with van der Waals surface area (Å²) in [6.07, 6.45) is 4.02. The fourth-order valence-corrected chi connectivity index (χ4v) is 4.57. The third-order valence-electron chi connectivity index (χ3n) is 6.22. The fourth-order valence-electron chi connectivity index (χ4n) is 4.09. The lowest BCUT2D eigenvalue weighted by atomic mass is 9.97. The van der Waals surface area contributed by atoms with Gasteiger partial charge in [0.15, 0.2) is 0 Å². The van der Waals surface area contributed by atoms with Gasteiger partial charge in [0, 0.05) is 12.6 Å². The van der Waals surface area contributed by atoms with Crippen LogP contribution >= 0.6 is 11.8 Å². The summed E-state index contributed by atoms with van der Waals surface area (Å²) in [5, 5.41) is 5.81. The molecule has 39 heavy (non-hydrogen) atoms. The summed E-state index contributed by atoms with van der Waals surface area (Å²) < 4.78 is 5.46. The van der Waals surface area contributed by atoms with E-state index < -0.39 is 23.8 Å². The average Bonchev–Trinajstić information content (AvgIpc) is 2.91. The third kappa shape index (κ3) is 10.1. The molecule has 0 saturated carbocycles. The SMILES string of the molecule is C=Cc1cccc(C(C(=O)NCc2ccccc2)N(C(=O)C(CCSC)NC(=O)OC(C)(C)C)C(C)CC)c1. The largest absolute Gasteiger partial charge is 0.444 e. The summed E-state index contributed by atoms with van der Waals surface area (Å²) in [6, 6.07) is 15.1. The van der Waals surface area contributed by atoms with E-state index in [1.807, 2.05) is 74.7 Å². The predicted octanol–water partition coefficient (Wildman–Crippen LogP) is 5.96. The second kappa shape index (κ2) is 15.4. The topological polar surface area (TPSA) is 87.7 Å². The molecule has 0 saturated heterocycles. The van der Waals surface area contributed by atoms with Gasteiger partial charge in [-0.2, -0.15) is 11.8 Å². The number of thioether (sulfide) groups is 1. The van der Waals surface area contributed by atoms with Crippen molar-refractivity contribution in [2.75, 3.05) is 12.0 Å². The van der Waals surface area contributed by atoms with Gasteiger partial charge in [-0.3, -0.25) is 9.59 Å². The summed E-state index contributed by atoms with van der Waals surface area (Å²) >= 11 is 1.58. The van der Waals surface area contributed by atoms with Gasteiger partial charge in [-0.15, -0.1) is 0 Å². The summed E-state index contributed by atoms with van der Waals surface area (Å²) in [5.41, 5.74) is 1.76. The molecule has 0 aliphatic rings. The molecule has 0 fully saturated rings. The summed E-state index contributed by atoms with van der Waals surface area (Å²) in [4.78, 5) is 42.5. The van der Waals surface area contributed by atoms with Crippen molar-refractivity contribution in [3.63, 3.8) is 0 Å². The average molecular weight is 554 g/mol. The van der Waals surface area contributed by atoms with E-state index in [-0.39, 0.29) is 17.9 Å². The Morgan fingerprint density at radius 1 is 1.10 bits per heavy atom. The second-order valence-corrected chi connectivity index (χ2v) is 11.4. The Bertz CT molecular complexity index is 1100. The number of nitrogens with zero attached hydrogens (tertiary/aromatic N) is 1. The van der Waals surface area contributed by atoms with Gasteiger partial charge in [-0.25, -0.2) is 4.79 Å². The molecule has 3 amide bonds. The molecule has 0 aromatic heterocycles. The summed E-state index contributed by atoms with van der Waals surface area (Å²) in [5.74, 6) is 0.0277. The Balaban J connectivity index is 2.51. The number of ether oxygens (including phenoxy) is 1. The van der Waals surface area contributed by atoms with E-state index in [0.29, 0.717) is 30.7 Å². The van der Waals surface area contributed by atoms with Crippen molar-refractivity contribution < 1.29 is 19.1 Å². The van der Waals surface area contributed by atoms with E-state index in [1.165, 1.54) is 0 Å². The van der Waals surface area contributed by atoms with Gasteiger partial charge in [0.25, 0.3) is 0 Å². The molecular weight excluding hydrogens is 510 g/mol. The number of hydrogen-bond donors (Lipinski definition) is 2. The zero-order valence-corrected chi connectivity index (χ0v) is 24.8. The zero-order chi connectivity index (χ0) is 29.0. The number of carbonyl (C=O) groups is 3. The van der Waals surface area contributed by atoms with E-state index in [2.05, 4.69) is 17.2 Å². The van der Waals surface area contributed by atoms with Gasteiger partial charge >= 0.3 is 6.09 Å². The van der Waals surface area contributed by atoms with Crippen LogP contribution in [-0.4, -0.2) is 52.5 Å². The maximum Gasteiger partial charge on any atom is 0.408 e. The van der Waals surface area contributed by atoms with E-state index in [0.717, 1.165) is 11.1 Å². The maximum absolute atomic E-state index is 14.2. The molecule has 212 valence electrons. The Morgan fingerprint density at radius 3 is 2.38 bits per heavy atom. The Morgan fingerprint density at radius 2 is 1.79 bits per heavy atom. The van der Waals surface area contributed by atoms with Crippen LogP contribution in [0.5, 0.6) is 0 Å². The highest BCUT2D eigenvalue weighted by atomic mass is 32.2. The molecule has 2 rings (SSSR count). The normalized spacial score (nSPS) is 13.5. The molecule has 0 heterocycles. The van der Waals surface area contributed by atoms with E-state index in [9.17, 15) is 14.4 Å². The molecule has 0 bridgehead atoms. The summed E-state index contributed by atoms with van der Waals surface area (Å²) in [6.45, 7) is 13.4. The van der Waals surface area contributed by atoms with Gasteiger partial charge in [0.2, 0.25) is 11.8 Å². The monoisotopic (exact) mass is 553 g/mol. The van der Waals surface area contributed by atoms with Crippen LogP contribution in [-0.2, 0) is 20.9 Å². The lowest BCUT2D eigenvalue weighted by molar-refractivity contribution is -0.145. The van der Waals surface area contributed by atoms with Gasteiger partial charge in [0.1, 0.15) is 17.7 Å². The number of amides is 3.